The summed E-state index contributed by atoms with van der Waals surface area (Å²) in [6, 6.07) is 22.9. The van der Waals surface area contributed by atoms with Crippen LogP contribution in [-0.4, -0.2) is 54.1 Å². The number of carbonyl (C=O) groups excluding carboxylic acids is 1. The minimum Gasteiger partial charge on any atom is -0.396 e. The Balaban J connectivity index is 0.000000967. The third kappa shape index (κ3) is 6.78. The lowest BCUT2D eigenvalue weighted by Gasteiger charge is -2.26. The van der Waals surface area contributed by atoms with Gasteiger partial charge >= 0.3 is 0 Å². The molecule has 1 amide bonds. The first-order valence-corrected chi connectivity index (χ1v) is 12.0. The number of amides is 1. The van der Waals surface area contributed by atoms with Gasteiger partial charge in [0.05, 0.1) is 30.1 Å². The van der Waals surface area contributed by atoms with E-state index in [0.717, 1.165) is 67.0 Å². The first kappa shape index (κ1) is 25.1. The lowest BCUT2D eigenvalue weighted by Crippen LogP contribution is -2.37. The monoisotopic (exact) mass is 484 g/mol. The van der Waals surface area contributed by atoms with E-state index in [-0.39, 0.29) is 6.41 Å². The lowest BCUT2D eigenvalue weighted by atomic mass is 10.1. The number of hydrogen-bond acceptors (Lipinski definition) is 7. The highest BCUT2D eigenvalue weighted by molar-refractivity contribution is 5.79. The van der Waals surface area contributed by atoms with Crippen LogP contribution < -0.4 is 16.8 Å². The number of morpholine rings is 1. The predicted octanol–water partition coefficient (Wildman–Crippen LogP) is 3.47. The van der Waals surface area contributed by atoms with Crippen molar-refractivity contribution in [2.75, 3.05) is 43.9 Å². The number of aromatic nitrogens is 2. The fraction of sp³-hybridized carbons (Fsp3) is 0.250. The van der Waals surface area contributed by atoms with Crippen LogP contribution in [0.3, 0.4) is 0 Å². The molecule has 1 fully saturated rings. The molecule has 5 N–H and O–H groups in total. The fourth-order valence-corrected chi connectivity index (χ4v) is 4.15. The summed E-state index contributed by atoms with van der Waals surface area (Å²) in [5, 5.41) is 4.53. The molecule has 1 aliphatic rings. The van der Waals surface area contributed by atoms with Crippen molar-refractivity contribution >= 4 is 28.8 Å². The van der Waals surface area contributed by atoms with Crippen molar-refractivity contribution in [1.29, 1.82) is 0 Å². The van der Waals surface area contributed by atoms with Crippen LogP contribution in [0.15, 0.2) is 72.9 Å². The summed E-state index contributed by atoms with van der Waals surface area (Å²) in [5.74, 6) is 0.704. The summed E-state index contributed by atoms with van der Waals surface area (Å²) in [4.78, 5) is 20.2. The molecule has 2 aromatic carbocycles. The number of nitrogens with zero attached hydrogens (tertiary/aromatic N) is 3. The zero-order valence-corrected chi connectivity index (χ0v) is 20.3. The molecule has 4 aromatic rings. The first-order valence-electron chi connectivity index (χ1n) is 12.0. The van der Waals surface area contributed by atoms with Crippen LogP contribution in [0.5, 0.6) is 0 Å². The molecule has 8 nitrogen and oxygen atoms in total. The molecule has 0 saturated carbocycles. The molecule has 0 radical (unpaired) electrons. The van der Waals surface area contributed by atoms with Crippen molar-refractivity contribution in [3.63, 3.8) is 0 Å². The van der Waals surface area contributed by atoms with Gasteiger partial charge in [-0.2, -0.15) is 0 Å². The second-order valence-electron chi connectivity index (χ2n) is 8.56. The van der Waals surface area contributed by atoms with E-state index >= 15 is 0 Å². The molecule has 1 saturated heterocycles. The van der Waals surface area contributed by atoms with E-state index in [4.69, 9.17) is 20.2 Å². The molecule has 36 heavy (non-hydrogen) atoms. The summed E-state index contributed by atoms with van der Waals surface area (Å²) in [5.41, 5.74) is 16.5. The number of nitrogens with two attached hydrogens (primary N) is 2. The molecule has 0 unspecified atom stereocenters. The Bertz CT molecular complexity index is 1270. The Labute approximate surface area is 211 Å². The molecule has 0 atom stereocenters. The third-order valence-electron chi connectivity index (χ3n) is 6.12. The van der Waals surface area contributed by atoms with Crippen LogP contribution in [0, 0.1) is 0 Å². The second kappa shape index (κ2) is 12.6. The average molecular weight is 485 g/mol. The molecular weight excluding hydrogens is 452 g/mol. The maximum Gasteiger partial charge on any atom is 0.204 e. The smallest absolute Gasteiger partial charge is 0.204 e. The van der Waals surface area contributed by atoms with Crippen LogP contribution in [0.25, 0.3) is 22.2 Å². The maximum atomic E-state index is 8.58. The zero-order valence-electron chi connectivity index (χ0n) is 20.3. The van der Waals surface area contributed by atoms with E-state index in [0.29, 0.717) is 18.1 Å². The summed E-state index contributed by atoms with van der Waals surface area (Å²) in [7, 11) is 0. The van der Waals surface area contributed by atoms with Crippen molar-refractivity contribution < 1.29 is 9.53 Å². The highest BCUT2D eigenvalue weighted by atomic mass is 16.5. The van der Waals surface area contributed by atoms with Gasteiger partial charge in [0.15, 0.2) is 0 Å². The van der Waals surface area contributed by atoms with Gasteiger partial charge in [-0.05, 0) is 47.9 Å². The largest absolute Gasteiger partial charge is 0.396 e. The highest BCUT2D eigenvalue weighted by Gasteiger charge is 2.10. The minimum atomic E-state index is 0.250. The number of ether oxygens (including phenoxy) is 1. The Kier molecular flexibility index (Phi) is 8.80. The van der Waals surface area contributed by atoms with Gasteiger partial charge in [-0.15, -0.1) is 0 Å². The number of primary amides is 1. The average Bonchev–Trinajstić information content (AvgIpc) is 2.93. The minimum absolute atomic E-state index is 0.250. The molecule has 186 valence electrons. The maximum absolute atomic E-state index is 8.58. The third-order valence-corrected chi connectivity index (χ3v) is 6.12. The summed E-state index contributed by atoms with van der Waals surface area (Å²) >= 11 is 0. The molecular formula is C28H32N6O2. The normalized spacial score (nSPS) is 13.6. The van der Waals surface area contributed by atoms with Gasteiger partial charge < -0.3 is 21.5 Å². The second-order valence-corrected chi connectivity index (χ2v) is 8.56. The Morgan fingerprint density at radius 3 is 2.53 bits per heavy atom. The number of carbonyl (C=O) groups is 1. The van der Waals surface area contributed by atoms with Crippen LogP contribution >= 0.6 is 0 Å². The van der Waals surface area contributed by atoms with Crippen molar-refractivity contribution in [3.05, 3.63) is 84.1 Å². The Morgan fingerprint density at radius 2 is 1.75 bits per heavy atom. The molecule has 3 heterocycles. The van der Waals surface area contributed by atoms with Gasteiger partial charge in [-0.1, -0.05) is 36.4 Å². The van der Waals surface area contributed by atoms with E-state index in [1.807, 2.05) is 30.5 Å². The predicted molar refractivity (Wildman–Crippen MR) is 144 cm³/mol. The number of nitrogens with one attached hydrogen (secondary N) is 1. The molecule has 0 spiro atoms. The quantitative estimate of drug-likeness (QED) is 0.344. The zero-order chi connectivity index (χ0) is 25.2. The van der Waals surface area contributed by atoms with Crippen molar-refractivity contribution in [3.8, 4) is 11.3 Å². The molecule has 8 heteroatoms. The summed E-state index contributed by atoms with van der Waals surface area (Å²) in [6.45, 7) is 5.46. The van der Waals surface area contributed by atoms with Gasteiger partial charge in [-0.25, -0.2) is 4.98 Å². The van der Waals surface area contributed by atoms with Crippen LogP contribution in [0.1, 0.15) is 11.1 Å². The van der Waals surface area contributed by atoms with E-state index in [9.17, 15) is 0 Å². The van der Waals surface area contributed by atoms with Gasteiger partial charge in [0.2, 0.25) is 6.41 Å². The van der Waals surface area contributed by atoms with Crippen LogP contribution in [-0.2, 0) is 22.5 Å². The molecule has 2 aromatic heterocycles. The fourth-order valence-electron chi connectivity index (χ4n) is 4.15. The number of fused-ring (bicyclic) bond motifs is 1. The van der Waals surface area contributed by atoms with Crippen molar-refractivity contribution in [2.24, 2.45) is 5.73 Å². The Morgan fingerprint density at radius 1 is 1.00 bits per heavy atom. The number of pyridine rings is 2. The van der Waals surface area contributed by atoms with Crippen LogP contribution in [0.4, 0.5) is 11.5 Å². The molecule has 0 bridgehead atoms. The van der Waals surface area contributed by atoms with E-state index < -0.39 is 0 Å². The Hall–Kier alpha value is -4.01. The molecule has 0 aliphatic carbocycles. The number of hydrogen-bond donors (Lipinski definition) is 3. The molecule has 5 rings (SSSR count). The first-order chi connectivity index (χ1) is 17.7. The van der Waals surface area contributed by atoms with Crippen LogP contribution in [0.2, 0.25) is 0 Å². The van der Waals surface area contributed by atoms with Crippen molar-refractivity contribution in [2.45, 2.75) is 13.0 Å². The van der Waals surface area contributed by atoms with E-state index in [1.54, 1.807) is 0 Å². The van der Waals surface area contributed by atoms with Gasteiger partial charge in [0.1, 0.15) is 5.82 Å². The standard InChI is InChI=1S/C27H29N5O.CH3NO/c28-24-8-10-26(22-6-3-20(4-7-22)11-13-32-14-16-33-17-15-32)31-27(24)30-19-21-5-9-25-23(18-21)2-1-12-29-25;2-1-3/h1-10,12,18H,11,13-17,19,28H2,(H,30,31);1H,(H2,2,3). The lowest BCUT2D eigenvalue weighted by molar-refractivity contribution is -0.106. The van der Waals surface area contributed by atoms with Gasteiger partial charge in [-0.3, -0.25) is 14.7 Å². The van der Waals surface area contributed by atoms with Gasteiger partial charge in [0.25, 0.3) is 0 Å². The van der Waals surface area contributed by atoms with Crippen molar-refractivity contribution in [1.82, 2.24) is 14.9 Å². The topological polar surface area (TPSA) is 119 Å². The number of rotatable bonds is 7. The number of nitrogen functional groups attached to an aromatic ring is 1. The van der Waals surface area contributed by atoms with E-state index in [2.05, 4.69) is 63.4 Å². The SMILES string of the molecule is NC=O.Nc1ccc(-c2ccc(CCN3CCOCC3)cc2)nc1NCc1ccc2ncccc2c1. The highest BCUT2D eigenvalue weighted by Crippen LogP contribution is 2.25. The summed E-state index contributed by atoms with van der Waals surface area (Å²) in [6.07, 6.45) is 3.11. The van der Waals surface area contributed by atoms with Gasteiger partial charge in [0, 0.05) is 43.3 Å². The number of benzene rings is 2. The summed E-state index contributed by atoms with van der Waals surface area (Å²) < 4.78 is 5.43. The molecule has 1 aliphatic heterocycles. The number of anilines is 2. The van der Waals surface area contributed by atoms with E-state index in [1.165, 1.54) is 5.56 Å².